The van der Waals surface area contributed by atoms with Crippen LogP contribution in [-0.2, 0) is 0 Å². The number of halogens is 2. The van der Waals surface area contributed by atoms with Gasteiger partial charge in [-0.3, -0.25) is 4.98 Å². The molecule has 20 heavy (non-hydrogen) atoms. The van der Waals surface area contributed by atoms with Gasteiger partial charge in [0.15, 0.2) is 0 Å². The van der Waals surface area contributed by atoms with Gasteiger partial charge in [0.1, 0.15) is 17.7 Å². The van der Waals surface area contributed by atoms with Crippen LogP contribution < -0.4 is 0 Å². The molecule has 0 bridgehead atoms. The van der Waals surface area contributed by atoms with Crippen LogP contribution in [0.5, 0.6) is 0 Å². The number of hydrogen-bond acceptors (Lipinski definition) is 2. The van der Waals surface area contributed by atoms with Gasteiger partial charge in [-0.05, 0) is 35.4 Å². The molecular weight excluding hydrogens is 260 g/mol. The second kappa shape index (κ2) is 4.98. The average molecular weight is 271 g/mol. The van der Waals surface area contributed by atoms with E-state index in [0.717, 1.165) is 29.1 Å². The van der Waals surface area contributed by atoms with Gasteiger partial charge in [0.25, 0.3) is 0 Å². The summed E-state index contributed by atoms with van der Waals surface area (Å²) in [5, 5.41) is 11.1. The fourth-order valence-electron chi connectivity index (χ4n) is 2.28. The molecule has 0 fully saturated rings. The minimum absolute atomic E-state index is 0.179. The van der Waals surface area contributed by atoms with Crippen LogP contribution in [-0.4, -0.2) is 10.1 Å². The fourth-order valence-corrected chi connectivity index (χ4v) is 2.28. The summed E-state index contributed by atoms with van der Waals surface area (Å²) in [7, 11) is 0. The Morgan fingerprint density at radius 3 is 2.45 bits per heavy atom. The summed E-state index contributed by atoms with van der Waals surface area (Å²) < 4.78 is 26.5. The molecule has 1 atom stereocenters. The number of fused-ring (bicyclic) bond motifs is 1. The first kappa shape index (κ1) is 12.7. The fraction of sp³-hybridized carbons (Fsp3) is 0.0625. The molecule has 4 heteroatoms. The second-order valence-electron chi connectivity index (χ2n) is 4.52. The molecule has 0 saturated carbocycles. The average Bonchev–Trinajstić information content (AvgIpc) is 2.45. The molecule has 2 aromatic carbocycles. The molecule has 1 N–H and O–H groups in total. The smallest absolute Gasteiger partial charge is 0.126 e. The highest BCUT2D eigenvalue weighted by Gasteiger charge is 2.15. The number of hydrogen-bond donors (Lipinski definition) is 1. The van der Waals surface area contributed by atoms with Gasteiger partial charge in [0, 0.05) is 17.6 Å². The van der Waals surface area contributed by atoms with E-state index in [1.807, 2.05) is 12.1 Å². The van der Waals surface area contributed by atoms with Crippen molar-refractivity contribution >= 4 is 10.9 Å². The Bertz CT molecular complexity index is 748. The Balaban J connectivity index is 2.15. The SMILES string of the molecule is OC(c1cc(F)cc(F)c1)c1cccc2ncccc12. The zero-order valence-corrected chi connectivity index (χ0v) is 10.4. The molecule has 100 valence electrons. The third-order valence-electron chi connectivity index (χ3n) is 3.17. The summed E-state index contributed by atoms with van der Waals surface area (Å²) in [5.41, 5.74) is 1.47. The van der Waals surface area contributed by atoms with Gasteiger partial charge in [0.05, 0.1) is 5.52 Å². The third kappa shape index (κ3) is 2.26. The Kier molecular flexibility index (Phi) is 3.16. The highest BCUT2D eigenvalue weighted by atomic mass is 19.1. The highest BCUT2D eigenvalue weighted by Crippen LogP contribution is 2.28. The second-order valence-corrected chi connectivity index (χ2v) is 4.52. The summed E-state index contributed by atoms with van der Waals surface area (Å²) in [4.78, 5) is 4.19. The number of aromatic nitrogens is 1. The summed E-state index contributed by atoms with van der Waals surface area (Å²) >= 11 is 0. The largest absolute Gasteiger partial charge is 0.384 e. The molecule has 0 aliphatic heterocycles. The topological polar surface area (TPSA) is 33.1 Å². The number of aliphatic hydroxyl groups is 1. The number of aliphatic hydroxyl groups excluding tert-OH is 1. The Morgan fingerprint density at radius 2 is 1.70 bits per heavy atom. The van der Waals surface area contributed by atoms with Gasteiger partial charge in [0.2, 0.25) is 0 Å². The minimum Gasteiger partial charge on any atom is -0.384 e. The van der Waals surface area contributed by atoms with Crippen LogP contribution in [0, 0.1) is 11.6 Å². The summed E-state index contributed by atoms with van der Waals surface area (Å²) in [6.45, 7) is 0. The Labute approximate surface area is 114 Å². The lowest BCUT2D eigenvalue weighted by atomic mass is 9.97. The summed E-state index contributed by atoms with van der Waals surface area (Å²) in [5.74, 6) is -1.42. The number of pyridine rings is 1. The zero-order chi connectivity index (χ0) is 14.1. The van der Waals surface area contributed by atoms with Crippen LogP contribution in [0.25, 0.3) is 10.9 Å². The molecule has 3 aromatic rings. The molecular formula is C16H11F2NO. The van der Waals surface area contributed by atoms with E-state index in [1.54, 1.807) is 24.4 Å². The zero-order valence-electron chi connectivity index (χ0n) is 10.4. The van der Waals surface area contributed by atoms with Crippen molar-refractivity contribution < 1.29 is 13.9 Å². The van der Waals surface area contributed by atoms with Crippen LogP contribution in [0.1, 0.15) is 17.2 Å². The molecule has 0 aliphatic carbocycles. The number of nitrogens with zero attached hydrogens (tertiary/aromatic N) is 1. The van der Waals surface area contributed by atoms with Gasteiger partial charge in [-0.1, -0.05) is 18.2 Å². The lowest BCUT2D eigenvalue weighted by Gasteiger charge is -2.14. The Morgan fingerprint density at radius 1 is 0.950 bits per heavy atom. The van der Waals surface area contributed by atoms with Crippen molar-refractivity contribution in [2.75, 3.05) is 0 Å². The molecule has 0 amide bonds. The van der Waals surface area contributed by atoms with Crippen molar-refractivity contribution in [1.82, 2.24) is 4.98 Å². The van der Waals surface area contributed by atoms with Crippen molar-refractivity contribution in [1.29, 1.82) is 0 Å². The van der Waals surface area contributed by atoms with Crippen molar-refractivity contribution in [2.45, 2.75) is 6.10 Å². The normalized spacial score (nSPS) is 12.6. The van der Waals surface area contributed by atoms with E-state index < -0.39 is 17.7 Å². The first-order valence-corrected chi connectivity index (χ1v) is 6.13. The third-order valence-corrected chi connectivity index (χ3v) is 3.17. The molecule has 1 unspecified atom stereocenters. The predicted molar refractivity (Wildman–Crippen MR) is 72.2 cm³/mol. The Hall–Kier alpha value is -2.33. The first-order chi connectivity index (χ1) is 9.65. The minimum atomic E-state index is -1.10. The number of rotatable bonds is 2. The monoisotopic (exact) mass is 271 g/mol. The lowest BCUT2D eigenvalue weighted by molar-refractivity contribution is 0.220. The van der Waals surface area contributed by atoms with Gasteiger partial charge in [-0.15, -0.1) is 0 Å². The number of benzene rings is 2. The molecule has 3 rings (SSSR count). The molecule has 0 aliphatic rings. The van der Waals surface area contributed by atoms with Crippen LogP contribution in [0.15, 0.2) is 54.7 Å². The van der Waals surface area contributed by atoms with E-state index in [-0.39, 0.29) is 5.56 Å². The van der Waals surface area contributed by atoms with E-state index in [2.05, 4.69) is 4.98 Å². The van der Waals surface area contributed by atoms with E-state index in [4.69, 9.17) is 0 Å². The summed E-state index contributed by atoms with van der Waals surface area (Å²) in [6, 6.07) is 11.9. The van der Waals surface area contributed by atoms with E-state index in [1.165, 1.54) is 0 Å². The highest BCUT2D eigenvalue weighted by molar-refractivity contribution is 5.82. The van der Waals surface area contributed by atoms with E-state index in [0.29, 0.717) is 5.56 Å². The van der Waals surface area contributed by atoms with E-state index >= 15 is 0 Å². The van der Waals surface area contributed by atoms with Crippen LogP contribution in [0.4, 0.5) is 8.78 Å². The van der Waals surface area contributed by atoms with Crippen molar-refractivity contribution in [2.24, 2.45) is 0 Å². The summed E-state index contributed by atoms with van der Waals surface area (Å²) in [6.07, 6.45) is 0.550. The van der Waals surface area contributed by atoms with Crippen LogP contribution in [0.2, 0.25) is 0 Å². The predicted octanol–water partition coefficient (Wildman–Crippen LogP) is 3.59. The maximum Gasteiger partial charge on any atom is 0.126 e. The molecule has 1 aromatic heterocycles. The maximum absolute atomic E-state index is 13.3. The van der Waals surface area contributed by atoms with Crippen molar-refractivity contribution in [3.8, 4) is 0 Å². The lowest BCUT2D eigenvalue weighted by Crippen LogP contribution is -2.02. The van der Waals surface area contributed by atoms with Crippen LogP contribution >= 0.6 is 0 Å². The van der Waals surface area contributed by atoms with Crippen molar-refractivity contribution in [3.63, 3.8) is 0 Å². The van der Waals surface area contributed by atoms with E-state index in [9.17, 15) is 13.9 Å². The standard InChI is InChI=1S/C16H11F2NO/c17-11-7-10(8-12(18)9-11)16(20)14-3-1-5-15-13(14)4-2-6-19-15/h1-9,16,20H. The molecule has 0 spiro atoms. The maximum atomic E-state index is 13.3. The van der Waals surface area contributed by atoms with Gasteiger partial charge >= 0.3 is 0 Å². The van der Waals surface area contributed by atoms with Gasteiger partial charge in [-0.2, -0.15) is 0 Å². The van der Waals surface area contributed by atoms with Gasteiger partial charge < -0.3 is 5.11 Å². The molecule has 0 radical (unpaired) electrons. The van der Waals surface area contributed by atoms with Crippen LogP contribution in [0.3, 0.4) is 0 Å². The molecule has 2 nitrogen and oxygen atoms in total. The first-order valence-electron chi connectivity index (χ1n) is 6.13. The van der Waals surface area contributed by atoms with Gasteiger partial charge in [-0.25, -0.2) is 8.78 Å². The molecule has 0 saturated heterocycles. The quantitative estimate of drug-likeness (QED) is 0.772. The molecule has 1 heterocycles. The van der Waals surface area contributed by atoms with Crippen molar-refractivity contribution in [3.05, 3.63) is 77.5 Å².